The second kappa shape index (κ2) is 6.04. The van der Waals surface area contributed by atoms with Gasteiger partial charge in [0.05, 0.1) is 21.3 Å². The van der Waals surface area contributed by atoms with E-state index in [2.05, 4.69) is 48.5 Å². The van der Waals surface area contributed by atoms with Crippen LogP contribution in [0.1, 0.15) is 69.5 Å². The van der Waals surface area contributed by atoms with Gasteiger partial charge in [0, 0.05) is 22.0 Å². The number of aromatic nitrogens is 1. The van der Waals surface area contributed by atoms with E-state index in [-0.39, 0.29) is 11.0 Å². The minimum Gasteiger partial charge on any atom is -0.275 e. The van der Waals surface area contributed by atoms with Gasteiger partial charge in [0.1, 0.15) is 0 Å². The molecule has 0 aromatic carbocycles. The molecule has 0 N–H and O–H groups in total. The number of thioether (sulfide) groups is 1. The third-order valence-electron chi connectivity index (χ3n) is 3.93. The highest BCUT2D eigenvalue weighted by molar-refractivity contribution is 8.14. The Balaban J connectivity index is 2.05. The zero-order chi connectivity index (χ0) is 15.8. The fourth-order valence-corrected chi connectivity index (χ4v) is 4.82. The Bertz CT molecular complexity index is 539. The fraction of sp³-hybridized carbons (Fsp3) is 0.765. The summed E-state index contributed by atoms with van der Waals surface area (Å²) in [6.07, 6.45) is 2.26. The largest absolute Gasteiger partial charge is 0.275 e. The first kappa shape index (κ1) is 17.0. The number of rotatable bonds is 5. The maximum Gasteiger partial charge on any atom is 0.0956 e. The summed E-state index contributed by atoms with van der Waals surface area (Å²) < 4.78 is 0. The van der Waals surface area contributed by atoms with Gasteiger partial charge in [0.2, 0.25) is 0 Å². The van der Waals surface area contributed by atoms with Gasteiger partial charge in [-0.3, -0.25) is 4.99 Å². The first-order chi connectivity index (χ1) is 9.61. The summed E-state index contributed by atoms with van der Waals surface area (Å²) in [6, 6.07) is 0. The molecule has 118 valence electrons. The predicted octanol–water partition coefficient (Wildman–Crippen LogP) is 5.46. The zero-order valence-electron chi connectivity index (χ0n) is 14.4. The summed E-state index contributed by atoms with van der Waals surface area (Å²) in [6.45, 7) is 15.7. The van der Waals surface area contributed by atoms with Crippen LogP contribution in [0.3, 0.4) is 0 Å². The maximum atomic E-state index is 4.93. The van der Waals surface area contributed by atoms with E-state index in [1.807, 2.05) is 23.1 Å². The number of hydrogen-bond donors (Lipinski definition) is 0. The van der Waals surface area contributed by atoms with Gasteiger partial charge >= 0.3 is 0 Å². The summed E-state index contributed by atoms with van der Waals surface area (Å²) in [5.41, 5.74) is 1.51. The topological polar surface area (TPSA) is 25.2 Å². The van der Waals surface area contributed by atoms with E-state index in [1.165, 1.54) is 20.6 Å². The van der Waals surface area contributed by atoms with E-state index in [1.54, 1.807) is 0 Å². The monoisotopic (exact) mass is 324 g/mol. The van der Waals surface area contributed by atoms with Crippen molar-refractivity contribution in [2.75, 3.05) is 5.75 Å². The van der Waals surface area contributed by atoms with Crippen molar-refractivity contribution in [3.63, 3.8) is 0 Å². The van der Waals surface area contributed by atoms with Crippen molar-refractivity contribution in [3.05, 3.63) is 15.6 Å². The second-order valence-electron chi connectivity index (χ2n) is 7.62. The van der Waals surface area contributed by atoms with E-state index < -0.39 is 0 Å². The van der Waals surface area contributed by atoms with Crippen LogP contribution in [0.25, 0.3) is 0 Å². The van der Waals surface area contributed by atoms with Crippen LogP contribution in [0.2, 0.25) is 0 Å². The summed E-state index contributed by atoms with van der Waals surface area (Å²) in [7, 11) is 0. The van der Waals surface area contributed by atoms with E-state index in [0.717, 1.165) is 18.6 Å². The Morgan fingerprint density at radius 2 is 1.95 bits per heavy atom. The third kappa shape index (κ3) is 4.10. The lowest BCUT2D eigenvalue weighted by Crippen LogP contribution is -2.22. The average molecular weight is 325 g/mol. The van der Waals surface area contributed by atoms with Crippen LogP contribution in [0.4, 0.5) is 0 Å². The zero-order valence-corrected chi connectivity index (χ0v) is 16.0. The normalized spacial score (nSPS) is 18.4. The van der Waals surface area contributed by atoms with E-state index in [4.69, 9.17) is 9.98 Å². The molecule has 21 heavy (non-hydrogen) atoms. The number of hydrogen-bond acceptors (Lipinski definition) is 4. The van der Waals surface area contributed by atoms with E-state index in [9.17, 15) is 0 Å². The van der Waals surface area contributed by atoms with Gasteiger partial charge in [-0.2, -0.15) is 0 Å². The molecule has 0 unspecified atom stereocenters. The van der Waals surface area contributed by atoms with Crippen LogP contribution in [0.15, 0.2) is 4.99 Å². The van der Waals surface area contributed by atoms with Crippen molar-refractivity contribution in [3.8, 4) is 0 Å². The highest BCUT2D eigenvalue weighted by Crippen LogP contribution is 2.39. The van der Waals surface area contributed by atoms with Crippen molar-refractivity contribution >= 4 is 28.1 Å². The smallest absolute Gasteiger partial charge is 0.0956 e. The first-order valence-electron chi connectivity index (χ1n) is 7.80. The van der Waals surface area contributed by atoms with Crippen molar-refractivity contribution in [1.82, 2.24) is 4.98 Å². The lowest BCUT2D eigenvalue weighted by Gasteiger charge is -2.24. The van der Waals surface area contributed by atoms with E-state index in [0.29, 0.717) is 5.92 Å². The van der Waals surface area contributed by atoms with Gasteiger partial charge in [-0.15, -0.1) is 23.1 Å². The molecule has 0 amide bonds. The molecule has 4 heteroatoms. The molecule has 0 saturated carbocycles. The molecule has 2 rings (SSSR count). The quantitative estimate of drug-likeness (QED) is 0.719. The van der Waals surface area contributed by atoms with Crippen LogP contribution in [-0.4, -0.2) is 21.3 Å². The predicted molar refractivity (Wildman–Crippen MR) is 97.0 cm³/mol. The molecular formula is C17H28N2S2. The van der Waals surface area contributed by atoms with Crippen molar-refractivity contribution in [2.45, 2.75) is 72.8 Å². The van der Waals surface area contributed by atoms with Crippen LogP contribution < -0.4 is 0 Å². The Hall–Kier alpha value is -0.350. The molecule has 1 aliphatic rings. The lowest BCUT2D eigenvalue weighted by molar-refractivity contribution is 0.478. The van der Waals surface area contributed by atoms with Crippen LogP contribution in [0, 0.1) is 12.3 Å². The fourth-order valence-electron chi connectivity index (χ4n) is 2.39. The number of thiazole rings is 1. The highest BCUT2D eigenvalue weighted by Gasteiger charge is 2.34. The van der Waals surface area contributed by atoms with Crippen LogP contribution in [0.5, 0.6) is 0 Å². The Morgan fingerprint density at radius 1 is 1.29 bits per heavy atom. The Labute approximate surface area is 137 Å². The molecule has 2 heterocycles. The Kier molecular flexibility index (Phi) is 4.89. The molecule has 2 nitrogen and oxygen atoms in total. The summed E-state index contributed by atoms with van der Waals surface area (Å²) in [5, 5.41) is 2.60. The molecular weight excluding hydrogens is 296 g/mol. The molecule has 0 atom stereocenters. The average Bonchev–Trinajstić information content (AvgIpc) is 2.90. The number of nitrogens with zero attached hydrogens (tertiary/aromatic N) is 2. The summed E-state index contributed by atoms with van der Waals surface area (Å²) >= 11 is 3.84. The van der Waals surface area contributed by atoms with Gasteiger partial charge in [-0.1, -0.05) is 27.7 Å². The standard InChI is InChI=1S/C17H28N2S2/c1-11(2)14-18-12(3)13(21-14)8-9-16(4,5)15-19-17(6,7)10-20-15/h11H,8-10H2,1-7H3. The molecule has 0 saturated heterocycles. The van der Waals surface area contributed by atoms with Crippen LogP contribution >= 0.6 is 23.1 Å². The highest BCUT2D eigenvalue weighted by atomic mass is 32.2. The van der Waals surface area contributed by atoms with Gasteiger partial charge < -0.3 is 0 Å². The van der Waals surface area contributed by atoms with Crippen LogP contribution in [-0.2, 0) is 6.42 Å². The van der Waals surface area contributed by atoms with Crippen molar-refractivity contribution in [1.29, 1.82) is 0 Å². The molecule has 1 aromatic heterocycles. The van der Waals surface area contributed by atoms with Crippen molar-refractivity contribution < 1.29 is 0 Å². The summed E-state index contributed by atoms with van der Waals surface area (Å²) in [4.78, 5) is 11.1. The minimum absolute atomic E-state index is 0.114. The van der Waals surface area contributed by atoms with Gasteiger partial charge in [-0.25, -0.2) is 4.98 Å². The SMILES string of the molecule is Cc1nc(C(C)C)sc1CCC(C)(C)C1=NC(C)(C)CS1. The summed E-state index contributed by atoms with van der Waals surface area (Å²) in [5.74, 6) is 1.65. The molecule has 0 spiro atoms. The maximum absolute atomic E-state index is 4.93. The first-order valence-corrected chi connectivity index (χ1v) is 9.60. The number of aryl methyl sites for hydroxylation is 2. The van der Waals surface area contributed by atoms with Gasteiger partial charge in [0.15, 0.2) is 0 Å². The van der Waals surface area contributed by atoms with Gasteiger partial charge in [0.25, 0.3) is 0 Å². The molecule has 0 fully saturated rings. The van der Waals surface area contributed by atoms with Crippen molar-refractivity contribution in [2.24, 2.45) is 10.4 Å². The molecule has 1 aliphatic heterocycles. The molecule has 0 bridgehead atoms. The molecule has 0 radical (unpaired) electrons. The lowest BCUT2D eigenvalue weighted by atomic mass is 9.88. The molecule has 0 aliphatic carbocycles. The van der Waals surface area contributed by atoms with E-state index >= 15 is 0 Å². The Morgan fingerprint density at radius 3 is 2.43 bits per heavy atom. The molecule has 1 aromatic rings. The minimum atomic E-state index is 0.114. The van der Waals surface area contributed by atoms with Gasteiger partial charge in [-0.05, 0) is 33.6 Å². The third-order valence-corrected chi connectivity index (χ3v) is 7.21. The number of aliphatic imine (C=N–C) groups is 1. The second-order valence-corrected chi connectivity index (χ2v) is 9.70.